The van der Waals surface area contributed by atoms with Gasteiger partial charge in [-0.3, -0.25) is 19.4 Å². The standard InChI is InChI=1S/C8H6ClN5O4S/c1-12-5(15)6(16)13(8(12)11-14(17)18)3-4-2-10-7(9)19-4/h2H,3H2,1H3/b11-8+. The number of nitrogens with zero attached hydrogens (tertiary/aromatic N) is 5. The van der Waals surface area contributed by atoms with Gasteiger partial charge in [0.05, 0.1) is 6.54 Å². The number of hydrogen-bond acceptors (Lipinski definition) is 6. The van der Waals surface area contributed by atoms with Crippen LogP contribution in [-0.2, 0) is 16.1 Å². The molecule has 0 saturated carbocycles. The van der Waals surface area contributed by atoms with Crippen LogP contribution in [-0.4, -0.2) is 44.6 Å². The first kappa shape index (κ1) is 13.4. The lowest BCUT2D eigenvalue weighted by Gasteiger charge is -2.12. The summed E-state index contributed by atoms with van der Waals surface area (Å²) in [5.74, 6) is -2.09. The monoisotopic (exact) mass is 303 g/mol. The van der Waals surface area contributed by atoms with Gasteiger partial charge in [-0.05, 0) is 0 Å². The maximum atomic E-state index is 11.7. The highest BCUT2D eigenvalue weighted by Crippen LogP contribution is 2.22. The third-order valence-corrected chi connectivity index (χ3v) is 3.38. The molecule has 9 nitrogen and oxygen atoms in total. The number of halogens is 1. The van der Waals surface area contributed by atoms with Gasteiger partial charge in [0.2, 0.25) is 0 Å². The summed E-state index contributed by atoms with van der Waals surface area (Å²) in [5, 5.41) is 12.5. The van der Waals surface area contributed by atoms with Crippen LogP contribution in [0.15, 0.2) is 11.3 Å². The Morgan fingerprint density at radius 2 is 2.21 bits per heavy atom. The van der Waals surface area contributed by atoms with E-state index in [-0.39, 0.29) is 17.0 Å². The summed E-state index contributed by atoms with van der Waals surface area (Å²) in [7, 11) is 1.24. The average molecular weight is 304 g/mol. The predicted octanol–water partition coefficient (Wildman–Crippen LogP) is 0.145. The maximum absolute atomic E-state index is 11.7. The lowest BCUT2D eigenvalue weighted by atomic mass is 10.4. The van der Waals surface area contributed by atoms with E-state index in [1.54, 1.807) is 0 Å². The maximum Gasteiger partial charge on any atom is 0.319 e. The number of nitro groups is 1. The van der Waals surface area contributed by atoms with Crippen molar-refractivity contribution in [1.82, 2.24) is 14.8 Å². The Hall–Kier alpha value is -2.07. The van der Waals surface area contributed by atoms with Crippen LogP contribution < -0.4 is 0 Å². The first-order valence-corrected chi connectivity index (χ1v) is 6.02. The average Bonchev–Trinajstić information content (AvgIpc) is 2.82. The van der Waals surface area contributed by atoms with Crippen LogP contribution in [0.2, 0.25) is 4.47 Å². The van der Waals surface area contributed by atoms with Crippen LogP contribution in [0.4, 0.5) is 0 Å². The molecule has 0 spiro atoms. The summed E-state index contributed by atoms with van der Waals surface area (Å²) in [6, 6.07) is 0. The van der Waals surface area contributed by atoms with Crippen LogP contribution in [0.3, 0.4) is 0 Å². The van der Waals surface area contributed by atoms with Gasteiger partial charge in [0.15, 0.2) is 9.50 Å². The molecule has 1 aromatic rings. The zero-order chi connectivity index (χ0) is 14.2. The van der Waals surface area contributed by atoms with Gasteiger partial charge in [-0.1, -0.05) is 11.6 Å². The number of aromatic nitrogens is 1. The van der Waals surface area contributed by atoms with Crippen molar-refractivity contribution < 1.29 is 14.6 Å². The molecular weight excluding hydrogens is 298 g/mol. The molecule has 100 valence electrons. The molecule has 1 aromatic heterocycles. The lowest BCUT2D eigenvalue weighted by Crippen LogP contribution is -2.33. The Morgan fingerprint density at radius 1 is 1.53 bits per heavy atom. The number of rotatable bonds is 3. The molecule has 0 N–H and O–H groups in total. The second-order valence-electron chi connectivity index (χ2n) is 3.47. The first-order valence-electron chi connectivity index (χ1n) is 4.83. The van der Waals surface area contributed by atoms with E-state index in [2.05, 4.69) is 10.1 Å². The summed E-state index contributed by atoms with van der Waals surface area (Å²) in [4.78, 5) is 39.7. The molecule has 0 unspecified atom stereocenters. The van der Waals surface area contributed by atoms with Gasteiger partial charge in [0, 0.05) is 18.1 Å². The van der Waals surface area contributed by atoms with E-state index in [0.717, 1.165) is 21.1 Å². The van der Waals surface area contributed by atoms with Gasteiger partial charge in [-0.2, -0.15) is 0 Å². The second-order valence-corrected chi connectivity index (χ2v) is 5.17. The van der Waals surface area contributed by atoms with E-state index in [1.807, 2.05) is 0 Å². The van der Waals surface area contributed by atoms with Crippen molar-refractivity contribution >= 4 is 40.7 Å². The Morgan fingerprint density at radius 3 is 2.74 bits per heavy atom. The summed E-state index contributed by atoms with van der Waals surface area (Å²) in [6.45, 7) is -0.0496. The van der Waals surface area contributed by atoms with Crippen molar-refractivity contribution in [2.45, 2.75) is 6.54 Å². The molecular formula is C8H6ClN5O4S. The highest BCUT2D eigenvalue weighted by molar-refractivity contribution is 7.15. The van der Waals surface area contributed by atoms with Crippen molar-refractivity contribution in [3.63, 3.8) is 0 Å². The van der Waals surface area contributed by atoms with Gasteiger partial charge in [0.25, 0.3) is 5.96 Å². The predicted molar refractivity (Wildman–Crippen MR) is 64.9 cm³/mol. The van der Waals surface area contributed by atoms with Gasteiger partial charge < -0.3 is 0 Å². The van der Waals surface area contributed by atoms with Gasteiger partial charge in [0.1, 0.15) is 5.10 Å². The van der Waals surface area contributed by atoms with Gasteiger partial charge >= 0.3 is 11.8 Å². The largest absolute Gasteiger partial charge is 0.319 e. The fourth-order valence-electron chi connectivity index (χ4n) is 1.47. The molecule has 1 saturated heterocycles. The molecule has 0 aliphatic carbocycles. The van der Waals surface area contributed by atoms with Crippen LogP contribution in [0.25, 0.3) is 0 Å². The zero-order valence-corrected chi connectivity index (χ0v) is 11.0. The SMILES string of the molecule is CN1C(=O)C(=O)N(Cc2cnc(Cl)s2)/C1=N/[N+](=O)[O-]. The fourth-order valence-corrected chi connectivity index (χ4v) is 2.44. The molecule has 0 aromatic carbocycles. The van der Waals surface area contributed by atoms with Crippen molar-refractivity contribution in [2.24, 2.45) is 5.10 Å². The van der Waals surface area contributed by atoms with Crippen LogP contribution in [0.5, 0.6) is 0 Å². The van der Waals surface area contributed by atoms with Crippen molar-refractivity contribution in [2.75, 3.05) is 7.05 Å². The number of thiazole rings is 1. The highest BCUT2D eigenvalue weighted by atomic mass is 35.5. The van der Waals surface area contributed by atoms with Crippen molar-refractivity contribution in [3.8, 4) is 0 Å². The Balaban J connectivity index is 2.32. The Labute approximate surface area is 115 Å². The van der Waals surface area contributed by atoms with Crippen LogP contribution in [0, 0.1) is 10.1 Å². The summed E-state index contributed by atoms with van der Waals surface area (Å²) >= 11 is 6.75. The van der Waals surface area contributed by atoms with Crippen LogP contribution >= 0.6 is 22.9 Å². The summed E-state index contributed by atoms with van der Waals surface area (Å²) in [5.41, 5.74) is 0. The van der Waals surface area contributed by atoms with E-state index < -0.39 is 16.8 Å². The molecule has 0 bridgehead atoms. The van der Waals surface area contributed by atoms with Gasteiger partial charge in [-0.25, -0.2) is 15.1 Å². The number of carbonyl (C=O) groups is 2. The minimum absolute atomic E-state index is 0.0496. The molecule has 19 heavy (non-hydrogen) atoms. The van der Waals surface area contributed by atoms with E-state index in [4.69, 9.17) is 11.6 Å². The number of hydrogen-bond donors (Lipinski definition) is 0. The quantitative estimate of drug-likeness (QED) is 0.448. The number of hydrazone groups is 1. The normalized spacial score (nSPS) is 17.7. The van der Waals surface area contributed by atoms with Crippen molar-refractivity contribution in [1.29, 1.82) is 0 Å². The number of amides is 2. The summed E-state index contributed by atoms with van der Waals surface area (Å²) < 4.78 is 0.272. The number of guanidine groups is 1. The third-order valence-electron chi connectivity index (χ3n) is 2.28. The van der Waals surface area contributed by atoms with Gasteiger partial charge in [-0.15, -0.1) is 11.3 Å². The van der Waals surface area contributed by atoms with Crippen LogP contribution in [0.1, 0.15) is 4.88 Å². The highest BCUT2D eigenvalue weighted by Gasteiger charge is 2.42. The first-order chi connectivity index (χ1) is 8.90. The molecule has 11 heteroatoms. The minimum Gasteiger partial charge on any atom is -0.272 e. The second kappa shape index (κ2) is 4.90. The molecule has 0 radical (unpaired) electrons. The fraction of sp³-hybridized carbons (Fsp3) is 0.250. The topological polar surface area (TPSA) is 109 Å². The van der Waals surface area contributed by atoms with E-state index in [9.17, 15) is 19.7 Å². The Bertz CT molecular complexity index is 600. The van der Waals surface area contributed by atoms with E-state index in [0.29, 0.717) is 4.88 Å². The molecule has 2 heterocycles. The molecule has 1 aliphatic heterocycles. The Kier molecular flexibility index (Phi) is 3.44. The molecule has 2 rings (SSSR count). The van der Waals surface area contributed by atoms with Crippen molar-refractivity contribution in [3.05, 3.63) is 25.7 Å². The summed E-state index contributed by atoms with van der Waals surface area (Å²) in [6.07, 6.45) is 1.42. The zero-order valence-electron chi connectivity index (χ0n) is 9.44. The smallest absolute Gasteiger partial charge is 0.272 e. The molecule has 2 amide bonds. The number of likely N-dealkylation sites (N-methyl/N-ethyl adjacent to an activating group) is 1. The van der Waals surface area contributed by atoms with E-state index in [1.165, 1.54) is 13.2 Å². The third kappa shape index (κ3) is 2.53. The number of carbonyl (C=O) groups excluding carboxylic acids is 2. The van der Waals surface area contributed by atoms with E-state index >= 15 is 0 Å². The lowest BCUT2D eigenvalue weighted by molar-refractivity contribution is -0.486. The molecule has 1 aliphatic rings. The molecule has 0 atom stereocenters. The minimum atomic E-state index is -0.968. The molecule has 1 fully saturated rings.